The van der Waals surface area contributed by atoms with Crippen LogP contribution in [0.1, 0.15) is 11.8 Å². The highest BCUT2D eigenvalue weighted by atomic mass is 32.1. The molecule has 26 heavy (non-hydrogen) atoms. The Labute approximate surface area is 156 Å². The summed E-state index contributed by atoms with van der Waals surface area (Å²) in [4.78, 5) is 11.9. The van der Waals surface area contributed by atoms with Gasteiger partial charge in [0, 0.05) is 22.2 Å². The van der Waals surface area contributed by atoms with Crippen LogP contribution in [0.4, 0.5) is 11.5 Å². The largest absolute Gasteiger partial charge is 0.497 e. The van der Waals surface area contributed by atoms with E-state index in [4.69, 9.17) is 14.7 Å². The molecule has 0 spiro atoms. The summed E-state index contributed by atoms with van der Waals surface area (Å²) in [6.45, 7) is 2.16. The zero-order chi connectivity index (χ0) is 17.9. The van der Waals surface area contributed by atoms with Gasteiger partial charge in [-0.15, -0.1) is 11.3 Å². The SMILES string of the molecule is CCc1cc2c(Nc3cccc(OC)c3)nc(-c3ccccc3)nc2s1. The minimum absolute atomic E-state index is 0.730. The Kier molecular flexibility index (Phi) is 4.54. The van der Waals surface area contributed by atoms with Crippen molar-refractivity contribution in [2.24, 2.45) is 0 Å². The molecule has 2 heterocycles. The lowest BCUT2D eigenvalue weighted by molar-refractivity contribution is 0.415. The third-order valence-corrected chi connectivity index (χ3v) is 5.33. The summed E-state index contributed by atoms with van der Waals surface area (Å²) in [5, 5.41) is 4.50. The molecule has 0 amide bonds. The minimum Gasteiger partial charge on any atom is -0.497 e. The van der Waals surface area contributed by atoms with Crippen molar-refractivity contribution < 1.29 is 4.74 Å². The first-order chi connectivity index (χ1) is 12.8. The van der Waals surface area contributed by atoms with Crippen LogP contribution in [0.5, 0.6) is 5.75 Å². The second-order valence-electron chi connectivity index (χ2n) is 5.90. The van der Waals surface area contributed by atoms with Crippen molar-refractivity contribution in [3.05, 3.63) is 65.5 Å². The topological polar surface area (TPSA) is 47.0 Å². The quantitative estimate of drug-likeness (QED) is 0.497. The molecule has 0 unspecified atom stereocenters. The lowest BCUT2D eigenvalue weighted by atomic mass is 10.2. The first-order valence-electron chi connectivity index (χ1n) is 8.54. The van der Waals surface area contributed by atoms with Crippen molar-refractivity contribution in [2.75, 3.05) is 12.4 Å². The predicted octanol–water partition coefficient (Wildman–Crippen LogP) is 5.67. The molecule has 0 radical (unpaired) electrons. The van der Waals surface area contributed by atoms with Gasteiger partial charge in [-0.25, -0.2) is 9.97 Å². The fraction of sp³-hybridized carbons (Fsp3) is 0.143. The van der Waals surface area contributed by atoms with E-state index in [1.54, 1.807) is 18.4 Å². The number of nitrogens with zero attached hydrogens (tertiary/aromatic N) is 2. The lowest BCUT2D eigenvalue weighted by Crippen LogP contribution is -1.98. The molecule has 130 valence electrons. The average molecular weight is 361 g/mol. The summed E-state index contributed by atoms with van der Waals surface area (Å²) in [5.74, 6) is 2.36. The van der Waals surface area contributed by atoms with E-state index in [1.807, 2.05) is 54.6 Å². The number of hydrogen-bond donors (Lipinski definition) is 1. The first kappa shape index (κ1) is 16.5. The summed E-state index contributed by atoms with van der Waals surface area (Å²) >= 11 is 1.72. The summed E-state index contributed by atoms with van der Waals surface area (Å²) in [6.07, 6.45) is 0.986. The van der Waals surface area contributed by atoms with Crippen molar-refractivity contribution in [1.29, 1.82) is 0 Å². The van der Waals surface area contributed by atoms with E-state index in [2.05, 4.69) is 18.3 Å². The standard InChI is InChI=1S/C21H19N3OS/c1-3-17-13-18-20(22-15-10-7-11-16(12-15)25-2)23-19(24-21(18)26-17)14-8-5-4-6-9-14/h4-13H,3H2,1-2H3,(H,22,23,24). The van der Waals surface area contributed by atoms with Gasteiger partial charge in [-0.05, 0) is 24.6 Å². The average Bonchev–Trinajstić information content (AvgIpc) is 3.12. The third kappa shape index (κ3) is 3.26. The number of fused-ring (bicyclic) bond motifs is 1. The van der Waals surface area contributed by atoms with Crippen LogP contribution >= 0.6 is 11.3 Å². The molecular weight excluding hydrogens is 342 g/mol. The summed E-state index contributed by atoms with van der Waals surface area (Å²) in [7, 11) is 1.67. The molecule has 0 saturated carbocycles. The second kappa shape index (κ2) is 7.14. The first-order valence-corrected chi connectivity index (χ1v) is 9.35. The molecule has 0 saturated heterocycles. The summed E-state index contributed by atoms with van der Waals surface area (Å²) in [5.41, 5.74) is 1.95. The van der Waals surface area contributed by atoms with Crippen LogP contribution in [0.25, 0.3) is 21.6 Å². The molecule has 4 aromatic rings. The highest BCUT2D eigenvalue weighted by Gasteiger charge is 2.13. The molecule has 0 atom stereocenters. The summed E-state index contributed by atoms with van der Waals surface area (Å²) in [6, 6.07) is 20.1. The van der Waals surface area contributed by atoms with Crippen LogP contribution in [-0.2, 0) is 6.42 Å². The van der Waals surface area contributed by atoms with Gasteiger partial charge in [-0.1, -0.05) is 43.3 Å². The van der Waals surface area contributed by atoms with Crippen molar-refractivity contribution >= 4 is 33.1 Å². The molecule has 0 aliphatic heterocycles. The molecule has 4 nitrogen and oxygen atoms in total. The maximum Gasteiger partial charge on any atom is 0.163 e. The van der Waals surface area contributed by atoms with Gasteiger partial charge in [0.1, 0.15) is 16.4 Å². The van der Waals surface area contributed by atoms with Crippen LogP contribution in [-0.4, -0.2) is 17.1 Å². The van der Waals surface area contributed by atoms with Gasteiger partial charge in [0.15, 0.2) is 5.82 Å². The van der Waals surface area contributed by atoms with Crippen molar-refractivity contribution in [3.8, 4) is 17.1 Å². The van der Waals surface area contributed by atoms with Gasteiger partial charge < -0.3 is 10.1 Å². The molecule has 4 rings (SSSR count). The van der Waals surface area contributed by atoms with E-state index in [-0.39, 0.29) is 0 Å². The van der Waals surface area contributed by atoms with Gasteiger partial charge in [-0.3, -0.25) is 0 Å². The Balaban J connectivity index is 1.84. The van der Waals surface area contributed by atoms with Crippen LogP contribution in [0, 0.1) is 0 Å². The maximum atomic E-state index is 5.32. The maximum absolute atomic E-state index is 5.32. The molecule has 1 N–H and O–H groups in total. The van der Waals surface area contributed by atoms with Crippen molar-refractivity contribution in [2.45, 2.75) is 13.3 Å². The van der Waals surface area contributed by atoms with E-state index in [0.717, 1.165) is 45.3 Å². The fourth-order valence-electron chi connectivity index (χ4n) is 2.79. The number of hydrogen-bond acceptors (Lipinski definition) is 5. The number of rotatable bonds is 5. The molecule has 0 bridgehead atoms. The van der Waals surface area contributed by atoms with Crippen LogP contribution in [0.2, 0.25) is 0 Å². The van der Waals surface area contributed by atoms with Crippen LogP contribution in [0.15, 0.2) is 60.7 Å². The van der Waals surface area contributed by atoms with Crippen LogP contribution in [0.3, 0.4) is 0 Å². The third-order valence-electron chi connectivity index (χ3n) is 4.16. The normalized spacial score (nSPS) is 10.8. The van der Waals surface area contributed by atoms with E-state index in [1.165, 1.54) is 4.88 Å². The number of aryl methyl sites for hydroxylation is 1. The molecule has 0 fully saturated rings. The van der Waals surface area contributed by atoms with E-state index >= 15 is 0 Å². The monoisotopic (exact) mass is 361 g/mol. The molecule has 5 heteroatoms. The molecule has 2 aromatic carbocycles. The smallest absolute Gasteiger partial charge is 0.163 e. The van der Waals surface area contributed by atoms with Crippen molar-refractivity contribution in [1.82, 2.24) is 9.97 Å². The predicted molar refractivity (Wildman–Crippen MR) is 109 cm³/mol. The Bertz CT molecular complexity index is 1040. The molecule has 2 aromatic heterocycles. The van der Waals surface area contributed by atoms with Gasteiger partial charge in [0.2, 0.25) is 0 Å². The number of ether oxygens (including phenoxy) is 1. The van der Waals surface area contributed by atoms with Gasteiger partial charge in [-0.2, -0.15) is 0 Å². The number of benzene rings is 2. The number of methoxy groups -OCH3 is 1. The van der Waals surface area contributed by atoms with Crippen LogP contribution < -0.4 is 10.1 Å². The zero-order valence-corrected chi connectivity index (χ0v) is 15.5. The van der Waals surface area contributed by atoms with Crippen molar-refractivity contribution in [3.63, 3.8) is 0 Å². The van der Waals surface area contributed by atoms with E-state index < -0.39 is 0 Å². The highest BCUT2D eigenvalue weighted by Crippen LogP contribution is 2.33. The van der Waals surface area contributed by atoms with Gasteiger partial charge in [0.25, 0.3) is 0 Å². The summed E-state index contributed by atoms with van der Waals surface area (Å²) < 4.78 is 5.32. The molecule has 0 aliphatic rings. The Morgan fingerprint density at radius 3 is 2.62 bits per heavy atom. The fourth-order valence-corrected chi connectivity index (χ4v) is 3.76. The number of anilines is 2. The Morgan fingerprint density at radius 1 is 1.00 bits per heavy atom. The number of nitrogens with one attached hydrogen (secondary N) is 1. The van der Waals surface area contributed by atoms with E-state index in [9.17, 15) is 0 Å². The minimum atomic E-state index is 0.730. The molecule has 0 aliphatic carbocycles. The van der Waals surface area contributed by atoms with E-state index in [0.29, 0.717) is 0 Å². The highest BCUT2D eigenvalue weighted by molar-refractivity contribution is 7.18. The lowest BCUT2D eigenvalue weighted by Gasteiger charge is -2.10. The Hall–Kier alpha value is -2.92. The number of thiophene rings is 1. The van der Waals surface area contributed by atoms with Gasteiger partial charge in [0.05, 0.1) is 12.5 Å². The zero-order valence-electron chi connectivity index (χ0n) is 14.7. The molecular formula is C21H19N3OS. The Morgan fingerprint density at radius 2 is 1.85 bits per heavy atom. The second-order valence-corrected chi connectivity index (χ2v) is 7.02. The number of aromatic nitrogens is 2. The van der Waals surface area contributed by atoms with Gasteiger partial charge >= 0.3 is 0 Å².